The zero-order valence-electron chi connectivity index (χ0n) is 10.7. The van der Waals surface area contributed by atoms with Gasteiger partial charge < -0.3 is 5.32 Å². The number of hydrogen-bond donors (Lipinski definition) is 2. The summed E-state index contributed by atoms with van der Waals surface area (Å²) in [5, 5.41) is 10.1. The van der Waals surface area contributed by atoms with E-state index in [9.17, 15) is 4.39 Å². The monoisotopic (exact) mass is 268 g/mol. The lowest BCUT2D eigenvalue weighted by Gasteiger charge is -2.06. The molecule has 0 aliphatic rings. The fourth-order valence-corrected chi connectivity index (χ4v) is 1.99. The van der Waals surface area contributed by atoms with Crippen LogP contribution in [0.2, 0.25) is 0 Å². The first-order valence-electron chi connectivity index (χ1n) is 6.27. The fourth-order valence-electron chi connectivity index (χ4n) is 1.99. The summed E-state index contributed by atoms with van der Waals surface area (Å²) < 4.78 is 13.0. The Labute approximate surface area is 115 Å². The summed E-state index contributed by atoms with van der Waals surface area (Å²) in [6.07, 6.45) is 1.76. The molecule has 3 rings (SSSR count). The van der Waals surface area contributed by atoms with Crippen molar-refractivity contribution >= 4 is 5.82 Å². The van der Waals surface area contributed by atoms with Gasteiger partial charge in [0.1, 0.15) is 5.82 Å². The van der Waals surface area contributed by atoms with Gasteiger partial charge in [-0.1, -0.05) is 36.4 Å². The highest BCUT2D eigenvalue weighted by Gasteiger charge is 2.07. The third-order valence-corrected chi connectivity index (χ3v) is 2.96. The van der Waals surface area contributed by atoms with Crippen molar-refractivity contribution in [1.29, 1.82) is 0 Å². The van der Waals surface area contributed by atoms with Gasteiger partial charge in [0, 0.05) is 12.1 Å². The van der Waals surface area contributed by atoms with Gasteiger partial charge in [0.15, 0.2) is 0 Å². The quantitative estimate of drug-likeness (QED) is 0.714. The maximum Gasteiger partial charge on any atom is 0.214 e. The molecule has 3 aromatic rings. The van der Waals surface area contributed by atoms with Crippen LogP contribution in [0.25, 0.3) is 11.3 Å². The molecular weight excluding hydrogens is 255 g/mol. The van der Waals surface area contributed by atoms with Crippen LogP contribution >= 0.6 is 0 Å². The average Bonchev–Trinajstić information content (AvgIpc) is 2.95. The average molecular weight is 268 g/mol. The van der Waals surface area contributed by atoms with E-state index in [1.807, 2.05) is 30.3 Å². The standard InChI is InChI=1S/C15H13FN4/c16-13-7-4-8-14(19-13)17-9-12-10-18-20-15(12)11-5-2-1-3-6-11/h1-8,10H,9H2,(H,17,19)(H,18,20). The number of halogens is 1. The molecule has 2 heterocycles. The molecule has 0 bridgehead atoms. The molecule has 2 N–H and O–H groups in total. The van der Waals surface area contributed by atoms with Gasteiger partial charge in [-0.3, -0.25) is 5.10 Å². The van der Waals surface area contributed by atoms with Crippen LogP contribution in [0.15, 0.2) is 54.7 Å². The second-order valence-corrected chi connectivity index (χ2v) is 4.34. The predicted octanol–water partition coefficient (Wildman–Crippen LogP) is 3.22. The Bertz CT molecular complexity index is 694. The number of nitrogens with one attached hydrogen (secondary N) is 2. The summed E-state index contributed by atoms with van der Waals surface area (Å²) >= 11 is 0. The number of hydrogen-bond acceptors (Lipinski definition) is 3. The highest BCUT2D eigenvalue weighted by Crippen LogP contribution is 2.21. The molecule has 0 aliphatic heterocycles. The molecule has 0 saturated heterocycles. The molecule has 0 fully saturated rings. The minimum Gasteiger partial charge on any atom is -0.366 e. The van der Waals surface area contributed by atoms with Crippen LogP contribution in [-0.4, -0.2) is 15.2 Å². The van der Waals surface area contributed by atoms with Crippen LogP contribution in [0, 0.1) is 5.95 Å². The van der Waals surface area contributed by atoms with Gasteiger partial charge in [-0.15, -0.1) is 0 Å². The van der Waals surface area contributed by atoms with E-state index in [0.717, 1.165) is 16.8 Å². The zero-order valence-corrected chi connectivity index (χ0v) is 10.7. The number of aromatic amines is 1. The first kappa shape index (κ1) is 12.3. The fraction of sp³-hybridized carbons (Fsp3) is 0.0667. The number of benzene rings is 1. The number of anilines is 1. The van der Waals surface area contributed by atoms with E-state index < -0.39 is 5.95 Å². The molecule has 0 atom stereocenters. The largest absolute Gasteiger partial charge is 0.366 e. The van der Waals surface area contributed by atoms with Gasteiger partial charge in [-0.2, -0.15) is 9.49 Å². The lowest BCUT2D eigenvalue weighted by atomic mass is 10.1. The number of H-pyrrole nitrogens is 1. The van der Waals surface area contributed by atoms with Gasteiger partial charge in [0.05, 0.1) is 11.9 Å². The van der Waals surface area contributed by atoms with Crippen LogP contribution in [0.1, 0.15) is 5.56 Å². The van der Waals surface area contributed by atoms with Crippen molar-refractivity contribution in [3.8, 4) is 11.3 Å². The molecule has 4 nitrogen and oxygen atoms in total. The highest BCUT2D eigenvalue weighted by atomic mass is 19.1. The van der Waals surface area contributed by atoms with Crippen LogP contribution in [0.3, 0.4) is 0 Å². The Kier molecular flexibility index (Phi) is 3.41. The topological polar surface area (TPSA) is 53.6 Å². The second kappa shape index (κ2) is 5.52. The SMILES string of the molecule is Fc1cccc(NCc2cn[nH]c2-c2ccccc2)n1. The van der Waals surface area contributed by atoms with E-state index in [4.69, 9.17) is 0 Å². The number of rotatable bonds is 4. The number of aromatic nitrogens is 3. The van der Waals surface area contributed by atoms with E-state index in [-0.39, 0.29) is 0 Å². The second-order valence-electron chi connectivity index (χ2n) is 4.34. The maximum atomic E-state index is 13.0. The third-order valence-electron chi connectivity index (χ3n) is 2.96. The molecule has 0 radical (unpaired) electrons. The Morgan fingerprint density at radius 3 is 2.70 bits per heavy atom. The van der Waals surface area contributed by atoms with E-state index in [2.05, 4.69) is 20.5 Å². The van der Waals surface area contributed by atoms with Crippen molar-refractivity contribution in [2.24, 2.45) is 0 Å². The zero-order chi connectivity index (χ0) is 13.8. The van der Waals surface area contributed by atoms with Gasteiger partial charge in [-0.25, -0.2) is 4.98 Å². The molecule has 100 valence electrons. The highest BCUT2D eigenvalue weighted by molar-refractivity contribution is 5.62. The Morgan fingerprint density at radius 1 is 1.05 bits per heavy atom. The number of pyridine rings is 1. The van der Waals surface area contributed by atoms with Gasteiger partial charge >= 0.3 is 0 Å². The first-order chi connectivity index (χ1) is 9.83. The van der Waals surface area contributed by atoms with Crippen LogP contribution in [0.4, 0.5) is 10.2 Å². The van der Waals surface area contributed by atoms with E-state index >= 15 is 0 Å². The molecule has 2 aromatic heterocycles. The van der Waals surface area contributed by atoms with E-state index in [0.29, 0.717) is 12.4 Å². The summed E-state index contributed by atoms with van der Waals surface area (Å²) in [5.41, 5.74) is 3.02. The van der Waals surface area contributed by atoms with Crippen molar-refractivity contribution in [3.63, 3.8) is 0 Å². The van der Waals surface area contributed by atoms with Crippen molar-refractivity contribution in [1.82, 2.24) is 15.2 Å². The smallest absolute Gasteiger partial charge is 0.214 e. The predicted molar refractivity (Wildman–Crippen MR) is 75.5 cm³/mol. The van der Waals surface area contributed by atoms with Crippen LogP contribution < -0.4 is 5.32 Å². The number of nitrogens with zero attached hydrogens (tertiary/aromatic N) is 2. The van der Waals surface area contributed by atoms with Gasteiger partial charge in [0.25, 0.3) is 0 Å². The van der Waals surface area contributed by atoms with Crippen molar-refractivity contribution in [2.45, 2.75) is 6.54 Å². The molecule has 0 amide bonds. The first-order valence-corrected chi connectivity index (χ1v) is 6.27. The molecule has 0 unspecified atom stereocenters. The van der Waals surface area contributed by atoms with Crippen molar-refractivity contribution < 1.29 is 4.39 Å². The Morgan fingerprint density at radius 2 is 1.90 bits per heavy atom. The van der Waals surface area contributed by atoms with Crippen molar-refractivity contribution in [3.05, 3.63) is 66.2 Å². The maximum absolute atomic E-state index is 13.0. The van der Waals surface area contributed by atoms with Gasteiger partial charge in [-0.05, 0) is 17.7 Å². The molecule has 0 saturated carbocycles. The minimum absolute atomic E-state index is 0.495. The summed E-state index contributed by atoms with van der Waals surface area (Å²) in [5.74, 6) is 0.00990. The summed E-state index contributed by atoms with van der Waals surface area (Å²) in [4.78, 5) is 3.77. The molecule has 5 heteroatoms. The molecule has 20 heavy (non-hydrogen) atoms. The minimum atomic E-state index is -0.495. The van der Waals surface area contributed by atoms with Gasteiger partial charge in [0.2, 0.25) is 5.95 Å². The van der Waals surface area contributed by atoms with Crippen LogP contribution in [0.5, 0.6) is 0 Å². The third kappa shape index (κ3) is 2.66. The lowest BCUT2D eigenvalue weighted by Crippen LogP contribution is -2.02. The Hall–Kier alpha value is -2.69. The lowest BCUT2D eigenvalue weighted by molar-refractivity contribution is 0.585. The molecule has 1 aromatic carbocycles. The van der Waals surface area contributed by atoms with Crippen molar-refractivity contribution in [2.75, 3.05) is 5.32 Å². The Balaban J connectivity index is 1.78. The summed E-state index contributed by atoms with van der Waals surface area (Å²) in [7, 11) is 0. The van der Waals surface area contributed by atoms with E-state index in [1.165, 1.54) is 6.07 Å². The summed E-state index contributed by atoms with van der Waals surface area (Å²) in [6, 6.07) is 14.6. The van der Waals surface area contributed by atoms with Crippen LogP contribution in [-0.2, 0) is 6.54 Å². The normalized spacial score (nSPS) is 10.4. The molecule has 0 spiro atoms. The molecule has 0 aliphatic carbocycles. The molecular formula is C15H13FN4. The summed E-state index contributed by atoms with van der Waals surface area (Å²) in [6.45, 7) is 0.525. The van der Waals surface area contributed by atoms with E-state index in [1.54, 1.807) is 18.3 Å².